The van der Waals surface area contributed by atoms with Crippen LogP contribution in [0, 0.1) is 0 Å². The minimum atomic E-state index is -0.118. The van der Waals surface area contributed by atoms with Gasteiger partial charge in [-0.25, -0.2) is 14.6 Å². The van der Waals surface area contributed by atoms with E-state index < -0.39 is 0 Å². The van der Waals surface area contributed by atoms with Gasteiger partial charge in [-0.15, -0.1) is 0 Å². The number of ether oxygens (including phenoxy) is 1. The van der Waals surface area contributed by atoms with E-state index in [1.165, 1.54) is 0 Å². The number of benzene rings is 1. The van der Waals surface area contributed by atoms with Crippen molar-refractivity contribution in [3.8, 4) is 0 Å². The van der Waals surface area contributed by atoms with Crippen molar-refractivity contribution < 1.29 is 9.53 Å². The largest absolute Gasteiger partial charge is 0.383 e. The maximum atomic E-state index is 12.3. The molecular formula is C19H23BrN6O2S. The monoisotopic (exact) mass is 478 g/mol. The summed E-state index contributed by atoms with van der Waals surface area (Å²) in [6, 6.07) is 7.25. The lowest BCUT2D eigenvalue weighted by molar-refractivity contribution is 0.0952. The summed E-state index contributed by atoms with van der Waals surface area (Å²) in [5.74, 6) is 1.50. The van der Waals surface area contributed by atoms with Crippen LogP contribution in [0.25, 0.3) is 11.0 Å². The Balaban J connectivity index is 1.71. The molecule has 0 aliphatic carbocycles. The average molecular weight is 479 g/mol. The van der Waals surface area contributed by atoms with Crippen molar-refractivity contribution in [1.29, 1.82) is 0 Å². The minimum absolute atomic E-state index is 0.118. The van der Waals surface area contributed by atoms with Gasteiger partial charge in [0.05, 0.1) is 24.7 Å². The lowest BCUT2D eigenvalue weighted by Gasteiger charge is -2.09. The number of halogens is 1. The van der Waals surface area contributed by atoms with Crippen LogP contribution in [0.3, 0.4) is 0 Å². The van der Waals surface area contributed by atoms with Crippen molar-refractivity contribution in [2.24, 2.45) is 0 Å². The van der Waals surface area contributed by atoms with Crippen molar-refractivity contribution in [1.82, 2.24) is 25.1 Å². The van der Waals surface area contributed by atoms with Crippen LogP contribution in [0.1, 0.15) is 17.3 Å². The first-order chi connectivity index (χ1) is 14.1. The molecule has 0 atom stereocenters. The zero-order chi connectivity index (χ0) is 20.6. The standard InChI is InChI=1S/C19H23BrN6O2S/c1-3-29-19-24-16(21-9-11-28-2)15-12-23-26(17(15)25-19)10-8-22-18(27)13-4-6-14(20)7-5-13/h4-7,12H,3,8-11H2,1-2H3,(H,22,27)(H,21,24,25). The van der Waals surface area contributed by atoms with Crippen molar-refractivity contribution >= 4 is 50.5 Å². The topological polar surface area (TPSA) is 94.0 Å². The van der Waals surface area contributed by atoms with Gasteiger partial charge in [0, 0.05) is 30.2 Å². The smallest absolute Gasteiger partial charge is 0.251 e. The molecule has 0 saturated carbocycles. The second-order valence-electron chi connectivity index (χ2n) is 6.08. The van der Waals surface area contributed by atoms with Crippen LogP contribution in [-0.4, -0.2) is 58.2 Å². The SMILES string of the molecule is CCSc1nc(NCCOC)c2cnn(CCNC(=O)c3ccc(Br)cc3)c2n1. The van der Waals surface area contributed by atoms with Gasteiger partial charge in [-0.1, -0.05) is 34.6 Å². The number of anilines is 1. The van der Waals surface area contributed by atoms with Gasteiger partial charge in [0.2, 0.25) is 0 Å². The Morgan fingerprint density at radius 3 is 2.76 bits per heavy atom. The Kier molecular flexibility index (Phi) is 7.84. The molecule has 0 unspecified atom stereocenters. The van der Waals surface area contributed by atoms with E-state index in [0.29, 0.717) is 37.0 Å². The molecule has 1 aromatic carbocycles. The number of thioether (sulfide) groups is 1. The molecule has 0 bridgehead atoms. The number of nitrogens with one attached hydrogen (secondary N) is 2. The molecule has 1 amide bonds. The lowest BCUT2D eigenvalue weighted by Crippen LogP contribution is -2.27. The van der Waals surface area contributed by atoms with Gasteiger partial charge in [0.1, 0.15) is 5.82 Å². The number of fused-ring (bicyclic) bond motifs is 1. The van der Waals surface area contributed by atoms with Crippen molar-refractivity contribution in [3.05, 3.63) is 40.5 Å². The Bertz CT molecular complexity index is 963. The molecule has 0 radical (unpaired) electrons. The van der Waals surface area contributed by atoms with Gasteiger partial charge in [-0.2, -0.15) is 5.10 Å². The van der Waals surface area contributed by atoms with Crippen LogP contribution in [0.15, 0.2) is 40.1 Å². The van der Waals surface area contributed by atoms with Gasteiger partial charge in [0.15, 0.2) is 10.8 Å². The van der Waals surface area contributed by atoms with Gasteiger partial charge in [0.25, 0.3) is 5.91 Å². The van der Waals surface area contributed by atoms with Crippen LogP contribution >= 0.6 is 27.7 Å². The maximum absolute atomic E-state index is 12.3. The molecule has 0 spiro atoms. The van der Waals surface area contributed by atoms with Crippen LogP contribution in [0.2, 0.25) is 0 Å². The number of nitrogens with zero attached hydrogens (tertiary/aromatic N) is 4. The first kappa shape index (κ1) is 21.5. The van der Waals surface area contributed by atoms with Crippen LogP contribution in [0.4, 0.5) is 5.82 Å². The molecule has 0 saturated heterocycles. The summed E-state index contributed by atoms with van der Waals surface area (Å²) in [4.78, 5) is 21.5. The van der Waals surface area contributed by atoms with E-state index in [2.05, 4.69) is 48.6 Å². The van der Waals surface area contributed by atoms with E-state index in [9.17, 15) is 4.79 Å². The summed E-state index contributed by atoms with van der Waals surface area (Å²) >= 11 is 4.94. The molecular weight excluding hydrogens is 456 g/mol. The fraction of sp³-hybridized carbons (Fsp3) is 0.368. The third-order valence-corrected chi connectivity index (χ3v) is 5.32. The zero-order valence-electron chi connectivity index (χ0n) is 16.3. The summed E-state index contributed by atoms with van der Waals surface area (Å²) in [6.45, 7) is 4.24. The maximum Gasteiger partial charge on any atom is 0.251 e. The molecule has 10 heteroatoms. The predicted octanol–water partition coefficient (Wildman–Crippen LogP) is 3.19. The molecule has 8 nitrogen and oxygen atoms in total. The lowest BCUT2D eigenvalue weighted by atomic mass is 10.2. The minimum Gasteiger partial charge on any atom is -0.383 e. The van der Waals surface area contributed by atoms with Crippen molar-refractivity contribution in [2.45, 2.75) is 18.6 Å². The summed E-state index contributed by atoms with van der Waals surface area (Å²) in [5, 5.41) is 12.2. The summed E-state index contributed by atoms with van der Waals surface area (Å²) in [5.41, 5.74) is 1.36. The molecule has 3 rings (SSSR count). The Hall–Kier alpha value is -2.17. The molecule has 0 fully saturated rings. The average Bonchev–Trinajstić information content (AvgIpc) is 3.12. The number of rotatable bonds is 10. The summed E-state index contributed by atoms with van der Waals surface area (Å²) in [6.07, 6.45) is 1.75. The Morgan fingerprint density at radius 1 is 1.24 bits per heavy atom. The first-order valence-corrected chi connectivity index (χ1v) is 11.0. The van der Waals surface area contributed by atoms with Gasteiger partial charge >= 0.3 is 0 Å². The third kappa shape index (κ3) is 5.68. The predicted molar refractivity (Wildman–Crippen MR) is 119 cm³/mol. The van der Waals surface area contributed by atoms with Crippen LogP contribution < -0.4 is 10.6 Å². The number of carbonyl (C=O) groups is 1. The van der Waals surface area contributed by atoms with Gasteiger partial charge in [-0.3, -0.25) is 4.79 Å². The van der Waals surface area contributed by atoms with E-state index in [4.69, 9.17) is 4.74 Å². The molecule has 29 heavy (non-hydrogen) atoms. The van der Waals surface area contributed by atoms with Crippen molar-refractivity contribution in [3.63, 3.8) is 0 Å². The molecule has 3 aromatic rings. The molecule has 2 N–H and O–H groups in total. The van der Waals surface area contributed by atoms with Crippen molar-refractivity contribution in [2.75, 3.05) is 37.9 Å². The highest BCUT2D eigenvalue weighted by Gasteiger charge is 2.13. The van der Waals surface area contributed by atoms with E-state index in [1.54, 1.807) is 41.9 Å². The highest BCUT2D eigenvalue weighted by Crippen LogP contribution is 2.24. The normalized spacial score (nSPS) is 11.0. The first-order valence-electron chi connectivity index (χ1n) is 9.25. The number of aromatic nitrogens is 4. The highest BCUT2D eigenvalue weighted by molar-refractivity contribution is 9.10. The number of methoxy groups -OCH3 is 1. The Morgan fingerprint density at radius 2 is 2.03 bits per heavy atom. The molecule has 154 valence electrons. The molecule has 2 heterocycles. The zero-order valence-corrected chi connectivity index (χ0v) is 18.7. The number of hydrogen-bond donors (Lipinski definition) is 2. The number of hydrogen-bond acceptors (Lipinski definition) is 7. The highest BCUT2D eigenvalue weighted by atomic mass is 79.9. The molecule has 0 aliphatic rings. The van der Waals surface area contributed by atoms with Gasteiger partial charge < -0.3 is 15.4 Å². The fourth-order valence-corrected chi connectivity index (χ4v) is 3.51. The van der Waals surface area contributed by atoms with Crippen LogP contribution in [0.5, 0.6) is 0 Å². The third-order valence-electron chi connectivity index (χ3n) is 4.06. The van der Waals surface area contributed by atoms with E-state index >= 15 is 0 Å². The fourth-order valence-electron chi connectivity index (χ4n) is 2.68. The van der Waals surface area contributed by atoms with Crippen LogP contribution in [-0.2, 0) is 11.3 Å². The quantitative estimate of drug-likeness (QED) is 0.262. The molecule has 0 aliphatic heterocycles. The van der Waals surface area contributed by atoms with E-state index in [-0.39, 0.29) is 5.91 Å². The number of amides is 1. The molecule has 2 aromatic heterocycles. The van der Waals surface area contributed by atoms with E-state index in [0.717, 1.165) is 27.1 Å². The summed E-state index contributed by atoms with van der Waals surface area (Å²) < 4.78 is 7.83. The van der Waals surface area contributed by atoms with Gasteiger partial charge in [-0.05, 0) is 30.0 Å². The second kappa shape index (κ2) is 10.6. The summed E-state index contributed by atoms with van der Waals surface area (Å²) in [7, 11) is 1.66. The second-order valence-corrected chi connectivity index (χ2v) is 8.22. The number of carbonyl (C=O) groups excluding carboxylic acids is 1. The Labute approximate surface area is 182 Å². The van der Waals surface area contributed by atoms with E-state index in [1.807, 2.05) is 12.1 Å².